The second kappa shape index (κ2) is 15.4. The Morgan fingerprint density at radius 2 is 0.708 bits per heavy atom. The second-order valence-corrected chi connectivity index (χ2v) is 18.0. The zero-order valence-electron chi connectivity index (χ0n) is 36.6. The summed E-state index contributed by atoms with van der Waals surface area (Å²) in [7, 11) is 0. The molecule has 0 fully saturated rings. The van der Waals surface area contributed by atoms with Crippen LogP contribution in [0.25, 0.3) is 55.6 Å². The highest BCUT2D eigenvalue weighted by atomic mass is 15.1. The van der Waals surface area contributed by atoms with Crippen LogP contribution in [0.15, 0.2) is 249 Å². The minimum absolute atomic E-state index is 0.216. The van der Waals surface area contributed by atoms with Gasteiger partial charge in [-0.1, -0.05) is 226 Å². The first-order valence-electron chi connectivity index (χ1n) is 22.8. The summed E-state index contributed by atoms with van der Waals surface area (Å²) in [6, 6.07) is 92.0. The van der Waals surface area contributed by atoms with Crippen LogP contribution >= 0.6 is 0 Å². The van der Waals surface area contributed by atoms with E-state index >= 15 is 0 Å². The van der Waals surface area contributed by atoms with E-state index in [2.05, 4.69) is 267 Å². The van der Waals surface area contributed by atoms with Crippen molar-refractivity contribution in [2.45, 2.75) is 24.7 Å². The van der Waals surface area contributed by atoms with Crippen LogP contribution in [0.2, 0.25) is 0 Å². The van der Waals surface area contributed by atoms with Crippen molar-refractivity contribution >= 4 is 17.1 Å². The molecule has 0 saturated carbocycles. The van der Waals surface area contributed by atoms with E-state index in [1.165, 1.54) is 89.0 Å². The number of hydrogen-bond donors (Lipinski definition) is 0. The Kier molecular flexibility index (Phi) is 9.14. The van der Waals surface area contributed by atoms with Crippen LogP contribution < -0.4 is 4.90 Å². The molecular formula is C64H47N. The van der Waals surface area contributed by atoms with Crippen LogP contribution in [0.1, 0.15) is 47.2 Å². The standard InChI is InChI=1S/C64H47N/c1-63(2)60-41-48(45-21-9-4-10-22-45)35-38-55(60)56-39-36-52(43-61(56)63)65(62-30-18-16-27-53(62)47-33-31-46(32-34-47)44-19-7-3-8-20-44)51-37-40-59-57(42-51)54-28-15-17-29-58(54)64(59,49-23-11-5-12-24-49)50-25-13-6-14-26-50/h3-43H,1-2H3. The van der Waals surface area contributed by atoms with Gasteiger partial charge in [0.15, 0.2) is 0 Å². The largest absolute Gasteiger partial charge is 0.310 e. The van der Waals surface area contributed by atoms with Gasteiger partial charge in [0, 0.05) is 22.4 Å². The number of anilines is 3. The molecule has 1 heteroatoms. The summed E-state index contributed by atoms with van der Waals surface area (Å²) in [6.45, 7) is 4.78. The van der Waals surface area contributed by atoms with Crippen LogP contribution in [0.5, 0.6) is 0 Å². The predicted octanol–water partition coefficient (Wildman–Crippen LogP) is 16.8. The molecule has 0 radical (unpaired) electrons. The highest BCUT2D eigenvalue weighted by Crippen LogP contribution is 2.58. The lowest BCUT2D eigenvalue weighted by Gasteiger charge is -2.34. The molecule has 1 nitrogen and oxygen atoms in total. The highest BCUT2D eigenvalue weighted by molar-refractivity contribution is 5.94. The summed E-state index contributed by atoms with van der Waals surface area (Å²) in [5.74, 6) is 0. The van der Waals surface area contributed by atoms with Gasteiger partial charge in [0.25, 0.3) is 0 Å². The van der Waals surface area contributed by atoms with Crippen LogP contribution in [0.4, 0.5) is 17.1 Å². The SMILES string of the molecule is CC1(C)c2cc(-c3ccccc3)ccc2-c2ccc(N(c3ccc4c(c3)-c3ccccc3C4(c3ccccc3)c3ccccc3)c3ccccc3-c3ccc(-c4ccccc4)cc3)cc21. The van der Waals surface area contributed by atoms with Gasteiger partial charge in [0.05, 0.1) is 11.1 Å². The highest BCUT2D eigenvalue weighted by Gasteiger charge is 2.46. The lowest BCUT2D eigenvalue weighted by atomic mass is 9.68. The van der Waals surface area contributed by atoms with Crippen molar-refractivity contribution < 1.29 is 0 Å². The molecule has 0 amide bonds. The third-order valence-corrected chi connectivity index (χ3v) is 14.2. The van der Waals surface area contributed by atoms with Crippen LogP contribution in [0, 0.1) is 0 Å². The topological polar surface area (TPSA) is 3.24 Å². The van der Waals surface area contributed by atoms with E-state index in [0.717, 1.165) is 17.1 Å². The van der Waals surface area contributed by atoms with E-state index in [-0.39, 0.29) is 5.41 Å². The molecule has 0 aromatic heterocycles. The van der Waals surface area contributed by atoms with E-state index in [0.29, 0.717) is 0 Å². The molecule has 0 unspecified atom stereocenters. The molecule has 10 aromatic carbocycles. The molecular weight excluding hydrogens is 783 g/mol. The summed E-state index contributed by atoms with van der Waals surface area (Å²) in [5.41, 5.74) is 22.9. The molecule has 2 aliphatic carbocycles. The maximum Gasteiger partial charge on any atom is 0.0713 e. The molecule has 0 saturated heterocycles. The van der Waals surface area contributed by atoms with Gasteiger partial charge in [-0.05, 0) is 120 Å². The number of rotatable bonds is 8. The van der Waals surface area contributed by atoms with Crippen molar-refractivity contribution in [2.75, 3.05) is 4.90 Å². The first-order valence-corrected chi connectivity index (χ1v) is 22.8. The van der Waals surface area contributed by atoms with Crippen molar-refractivity contribution in [3.05, 3.63) is 282 Å². The Bertz CT molecular complexity index is 3330. The number of fused-ring (bicyclic) bond motifs is 6. The Labute approximate surface area is 382 Å². The summed E-state index contributed by atoms with van der Waals surface area (Å²) in [5, 5.41) is 0. The maximum absolute atomic E-state index is 2.50. The van der Waals surface area contributed by atoms with Gasteiger partial charge >= 0.3 is 0 Å². The van der Waals surface area contributed by atoms with Crippen LogP contribution in [-0.2, 0) is 10.8 Å². The molecule has 0 atom stereocenters. The normalized spacial score (nSPS) is 13.6. The molecule has 2 aliphatic rings. The summed E-state index contributed by atoms with van der Waals surface area (Å²) < 4.78 is 0. The minimum atomic E-state index is -0.474. The number of para-hydroxylation sites is 1. The Balaban J connectivity index is 1.06. The van der Waals surface area contributed by atoms with Crippen molar-refractivity contribution in [3.63, 3.8) is 0 Å². The fourth-order valence-corrected chi connectivity index (χ4v) is 11.1. The van der Waals surface area contributed by atoms with Gasteiger partial charge < -0.3 is 4.90 Å². The second-order valence-electron chi connectivity index (χ2n) is 18.0. The minimum Gasteiger partial charge on any atom is -0.310 e. The van der Waals surface area contributed by atoms with Crippen LogP contribution in [0.3, 0.4) is 0 Å². The molecule has 10 aromatic rings. The zero-order chi connectivity index (χ0) is 43.5. The van der Waals surface area contributed by atoms with Gasteiger partial charge in [0.1, 0.15) is 0 Å². The molecule has 0 spiro atoms. The summed E-state index contributed by atoms with van der Waals surface area (Å²) in [6.07, 6.45) is 0. The predicted molar refractivity (Wildman–Crippen MR) is 272 cm³/mol. The lowest BCUT2D eigenvalue weighted by Crippen LogP contribution is -2.28. The van der Waals surface area contributed by atoms with E-state index in [4.69, 9.17) is 0 Å². The van der Waals surface area contributed by atoms with E-state index < -0.39 is 5.41 Å². The zero-order valence-corrected chi connectivity index (χ0v) is 36.6. The van der Waals surface area contributed by atoms with Gasteiger partial charge in [0.2, 0.25) is 0 Å². The number of benzene rings is 10. The Morgan fingerprint density at radius 1 is 0.277 bits per heavy atom. The molecule has 0 heterocycles. The van der Waals surface area contributed by atoms with E-state index in [1.807, 2.05) is 0 Å². The average molecular weight is 830 g/mol. The smallest absolute Gasteiger partial charge is 0.0713 e. The summed E-state index contributed by atoms with van der Waals surface area (Å²) in [4.78, 5) is 2.50. The van der Waals surface area contributed by atoms with Crippen molar-refractivity contribution in [1.82, 2.24) is 0 Å². The first-order chi connectivity index (χ1) is 32.0. The maximum atomic E-state index is 2.50. The number of hydrogen-bond acceptors (Lipinski definition) is 1. The molecule has 0 aliphatic heterocycles. The van der Waals surface area contributed by atoms with Crippen molar-refractivity contribution in [2.24, 2.45) is 0 Å². The fourth-order valence-electron chi connectivity index (χ4n) is 11.1. The molecule has 65 heavy (non-hydrogen) atoms. The number of nitrogens with zero attached hydrogens (tertiary/aromatic N) is 1. The van der Waals surface area contributed by atoms with Crippen LogP contribution in [-0.4, -0.2) is 0 Å². The summed E-state index contributed by atoms with van der Waals surface area (Å²) >= 11 is 0. The molecule has 12 rings (SSSR count). The monoisotopic (exact) mass is 829 g/mol. The van der Waals surface area contributed by atoms with E-state index in [1.54, 1.807) is 0 Å². The molecule has 0 N–H and O–H groups in total. The molecule has 0 bridgehead atoms. The van der Waals surface area contributed by atoms with Crippen molar-refractivity contribution in [1.29, 1.82) is 0 Å². The fraction of sp³-hybridized carbons (Fsp3) is 0.0625. The molecule has 308 valence electrons. The third-order valence-electron chi connectivity index (χ3n) is 14.2. The third kappa shape index (κ3) is 6.15. The Morgan fingerprint density at radius 3 is 1.37 bits per heavy atom. The Hall–Kier alpha value is -8.00. The average Bonchev–Trinajstić information content (AvgIpc) is 3.80. The van der Waals surface area contributed by atoms with Crippen molar-refractivity contribution in [3.8, 4) is 55.6 Å². The van der Waals surface area contributed by atoms with E-state index in [9.17, 15) is 0 Å². The van der Waals surface area contributed by atoms with Gasteiger partial charge in [-0.15, -0.1) is 0 Å². The van der Waals surface area contributed by atoms with Gasteiger partial charge in [-0.25, -0.2) is 0 Å². The van der Waals surface area contributed by atoms with Gasteiger partial charge in [-0.3, -0.25) is 0 Å². The lowest BCUT2D eigenvalue weighted by molar-refractivity contribution is 0.660. The quantitative estimate of drug-likeness (QED) is 0.147. The first kappa shape index (κ1) is 38.7. The van der Waals surface area contributed by atoms with Gasteiger partial charge in [-0.2, -0.15) is 0 Å².